The zero-order chi connectivity index (χ0) is 19.8. The quantitative estimate of drug-likeness (QED) is 0.355. The minimum absolute atomic E-state index is 0.0448. The third-order valence-corrected chi connectivity index (χ3v) is 7.53. The molecule has 0 heterocycles. The fourth-order valence-electron chi connectivity index (χ4n) is 4.25. The average Bonchev–Trinajstić information content (AvgIpc) is 3.50. The monoisotopic (exact) mass is 400 g/mol. The van der Waals surface area contributed by atoms with Crippen molar-refractivity contribution in [1.29, 1.82) is 0 Å². The number of ketones is 1. The molecule has 0 radical (unpaired) electrons. The molecule has 0 saturated heterocycles. The molecular formula is C22H40O4S. The van der Waals surface area contributed by atoms with Crippen molar-refractivity contribution in [3.63, 3.8) is 0 Å². The maximum Gasteiger partial charge on any atom is 0.154 e. The van der Waals surface area contributed by atoms with Gasteiger partial charge in [0.25, 0.3) is 0 Å². The predicted octanol–water partition coefficient (Wildman–Crippen LogP) is 4.83. The van der Waals surface area contributed by atoms with E-state index in [-0.39, 0.29) is 17.0 Å². The first-order valence-electron chi connectivity index (χ1n) is 11.1. The molecule has 27 heavy (non-hydrogen) atoms. The lowest BCUT2D eigenvalue weighted by Crippen LogP contribution is -2.24. The molecule has 0 amide bonds. The molecule has 2 rings (SSSR count). The van der Waals surface area contributed by atoms with E-state index in [1.165, 1.54) is 70.6 Å². The van der Waals surface area contributed by atoms with Gasteiger partial charge in [-0.2, -0.15) is 0 Å². The molecule has 2 saturated carbocycles. The van der Waals surface area contributed by atoms with Gasteiger partial charge in [0.05, 0.1) is 0 Å². The molecule has 0 bridgehead atoms. The van der Waals surface area contributed by atoms with Crippen LogP contribution in [0.15, 0.2) is 0 Å². The van der Waals surface area contributed by atoms with Crippen molar-refractivity contribution in [2.24, 2.45) is 10.8 Å². The molecule has 0 aromatic rings. The first kappa shape index (κ1) is 22.9. The smallest absolute Gasteiger partial charge is 0.154 e. The van der Waals surface area contributed by atoms with Gasteiger partial charge in [0.1, 0.15) is 5.75 Å². The number of carbonyl (C=O) groups is 1. The van der Waals surface area contributed by atoms with Gasteiger partial charge in [-0.25, -0.2) is 8.42 Å². The minimum atomic E-state index is -3.19. The van der Waals surface area contributed by atoms with Crippen molar-refractivity contribution < 1.29 is 18.3 Å². The molecule has 2 aliphatic rings. The number of rotatable bonds is 17. The maximum absolute atomic E-state index is 12.1. The molecule has 0 aromatic carbocycles. The van der Waals surface area contributed by atoms with Gasteiger partial charge in [0.15, 0.2) is 15.6 Å². The van der Waals surface area contributed by atoms with E-state index in [1.54, 1.807) is 0 Å². The number of hydrogen-bond donors (Lipinski definition) is 1. The number of carbonyl (C=O) groups excluding carboxylic acids is 1. The summed E-state index contributed by atoms with van der Waals surface area (Å²) in [6.45, 7) is 0.389. The molecule has 0 spiro atoms. The Labute approximate surface area is 166 Å². The number of hydrogen-bond acceptors (Lipinski definition) is 4. The Kier molecular flexibility index (Phi) is 8.79. The van der Waals surface area contributed by atoms with E-state index in [2.05, 4.69) is 0 Å². The number of unbranched alkanes of at least 4 members (excludes halogenated alkanes) is 9. The van der Waals surface area contributed by atoms with Crippen LogP contribution in [-0.4, -0.2) is 37.9 Å². The third kappa shape index (κ3) is 8.64. The fraction of sp³-hybridized carbons (Fsp3) is 0.955. The average molecular weight is 401 g/mol. The highest BCUT2D eigenvalue weighted by atomic mass is 32.2. The van der Waals surface area contributed by atoms with Crippen LogP contribution in [0.4, 0.5) is 0 Å². The molecule has 158 valence electrons. The van der Waals surface area contributed by atoms with E-state index in [4.69, 9.17) is 0 Å². The maximum atomic E-state index is 12.1. The Balaban J connectivity index is 1.37. The largest absolute Gasteiger partial charge is 0.396 e. The van der Waals surface area contributed by atoms with Gasteiger partial charge in [0, 0.05) is 18.3 Å². The molecule has 5 heteroatoms. The number of aliphatic hydroxyl groups is 1. The van der Waals surface area contributed by atoms with Crippen molar-refractivity contribution in [3.05, 3.63) is 0 Å². The van der Waals surface area contributed by atoms with E-state index in [1.807, 2.05) is 0 Å². The fourth-order valence-corrected chi connectivity index (χ4v) is 5.03. The van der Waals surface area contributed by atoms with Crippen LogP contribution in [-0.2, 0) is 14.6 Å². The Hall–Kier alpha value is -0.420. The van der Waals surface area contributed by atoms with Gasteiger partial charge in [-0.1, -0.05) is 64.2 Å². The van der Waals surface area contributed by atoms with E-state index < -0.39 is 9.84 Å². The lowest BCUT2D eigenvalue weighted by Gasteiger charge is -2.13. The van der Waals surface area contributed by atoms with Gasteiger partial charge in [-0.05, 0) is 43.9 Å². The van der Waals surface area contributed by atoms with Crippen LogP contribution in [0.25, 0.3) is 0 Å². The topological polar surface area (TPSA) is 71.4 Å². The summed E-state index contributed by atoms with van der Waals surface area (Å²) in [5.74, 6) is -0.315. The van der Waals surface area contributed by atoms with Crippen LogP contribution in [0.1, 0.15) is 103 Å². The zero-order valence-electron chi connectivity index (χ0n) is 17.3. The van der Waals surface area contributed by atoms with Crippen LogP contribution in [0.3, 0.4) is 0 Å². The molecule has 0 atom stereocenters. The van der Waals surface area contributed by atoms with Gasteiger partial charge in [-0.15, -0.1) is 0 Å². The number of Topliss-reactive ketones (excluding diaryl/α,β-unsaturated/α-hetero) is 1. The molecule has 2 fully saturated rings. The second kappa shape index (κ2) is 10.4. The third-order valence-electron chi connectivity index (χ3n) is 6.74. The minimum Gasteiger partial charge on any atom is -0.396 e. The van der Waals surface area contributed by atoms with E-state index in [0.29, 0.717) is 12.0 Å². The second-order valence-electron chi connectivity index (χ2n) is 9.47. The first-order valence-corrected chi connectivity index (χ1v) is 13.2. The normalized spacial score (nSPS) is 19.8. The summed E-state index contributed by atoms with van der Waals surface area (Å²) in [6, 6.07) is 0. The molecule has 0 aromatic heterocycles. The van der Waals surface area contributed by atoms with Crippen LogP contribution >= 0.6 is 0 Å². The van der Waals surface area contributed by atoms with Gasteiger partial charge < -0.3 is 5.11 Å². The highest BCUT2D eigenvalue weighted by Gasteiger charge is 2.48. The predicted molar refractivity (Wildman–Crippen MR) is 111 cm³/mol. The summed E-state index contributed by atoms with van der Waals surface area (Å²) >= 11 is 0. The van der Waals surface area contributed by atoms with Crippen molar-refractivity contribution >= 4 is 15.6 Å². The highest BCUT2D eigenvalue weighted by molar-refractivity contribution is 7.91. The van der Waals surface area contributed by atoms with Crippen molar-refractivity contribution in [2.45, 2.75) is 103 Å². The van der Waals surface area contributed by atoms with Gasteiger partial charge in [-0.3, -0.25) is 4.79 Å². The Morgan fingerprint density at radius 1 is 0.778 bits per heavy atom. The summed E-state index contributed by atoms with van der Waals surface area (Å²) in [7, 11) is -3.19. The highest BCUT2D eigenvalue weighted by Crippen LogP contribution is 2.51. The van der Waals surface area contributed by atoms with Crippen molar-refractivity contribution in [1.82, 2.24) is 0 Å². The van der Waals surface area contributed by atoms with Crippen molar-refractivity contribution in [3.8, 4) is 0 Å². The Morgan fingerprint density at radius 3 is 1.59 bits per heavy atom. The van der Waals surface area contributed by atoms with Crippen LogP contribution in [0, 0.1) is 10.8 Å². The SMILES string of the molecule is CS(=O)(=O)CC(=O)C1(CCCCCCCCCCCCC2(CO)CC2)CC1. The van der Waals surface area contributed by atoms with Crippen LogP contribution < -0.4 is 0 Å². The molecule has 1 N–H and O–H groups in total. The standard InChI is InChI=1S/C22H40O4S/c1-27(25,26)18-20(24)22(16-17-22)13-11-9-7-5-3-2-4-6-8-10-12-21(19-23)14-15-21/h23H,2-19H2,1H3. The molecule has 2 aliphatic carbocycles. The summed E-state index contributed by atoms with van der Waals surface area (Å²) in [5, 5.41) is 9.30. The van der Waals surface area contributed by atoms with Crippen LogP contribution in [0.2, 0.25) is 0 Å². The summed E-state index contributed by atoms with van der Waals surface area (Å²) in [5.41, 5.74) is 0.0482. The van der Waals surface area contributed by atoms with Gasteiger partial charge >= 0.3 is 0 Å². The van der Waals surface area contributed by atoms with Crippen molar-refractivity contribution in [2.75, 3.05) is 18.6 Å². The summed E-state index contributed by atoms with van der Waals surface area (Å²) in [6.07, 6.45) is 20.1. The molecule has 0 unspecified atom stereocenters. The first-order chi connectivity index (χ1) is 12.8. The Bertz CT molecular complexity index is 559. The Morgan fingerprint density at radius 2 is 1.22 bits per heavy atom. The number of aliphatic hydroxyl groups excluding tert-OH is 1. The number of sulfone groups is 1. The van der Waals surface area contributed by atoms with Crippen LogP contribution in [0.5, 0.6) is 0 Å². The molecular weight excluding hydrogens is 360 g/mol. The lowest BCUT2D eigenvalue weighted by molar-refractivity contribution is -0.121. The second-order valence-corrected chi connectivity index (χ2v) is 11.6. The summed E-state index contributed by atoms with van der Waals surface area (Å²) < 4.78 is 22.6. The molecule has 4 nitrogen and oxygen atoms in total. The van der Waals surface area contributed by atoms with Gasteiger partial charge in [0.2, 0.25) is 0 Å². The summed E-state index contributed by atoms with van der Waals surface area (Å²) in [4.78, 5) is 12.1. The van der Waals surface area contributed by atoms with E-state index in [9.17, 15) is 18.3 Å². The molecule has 0 aliphatic heterocycles. The van der Waals surface area contributed by atoms with E-state index in [0.717, 1.165) is 38.4 Å². The zero-order valence-corrected chi connectivity index (χ0v) is 18.1. The lowest BCUT2D eigenvalue weighted by atomic mass is 9.94. The van der Waals surface area contributed by atoms with E-state index >= 15 is 0 Å².